The van der Waals surface area contributed by atoms with Gasteiger partial charge in [-0.25, -0.2) is 0 Å². The fraction of sp³-hybridized carbons (Fsp3) is 0.229. The Labute approximate surface area is 516 Å². The lowest BCUT2D eigenvalue weighted by Gasteiger charge is -2.54. The third-order valence-electron chi connectivity index (χ3n) is 24.6. The Balaban J connectivity index is 1.08. The highest BCUT2D eigenvalue weighted by atomic mass is 15.3. The molecule has 0 saturated carbocycles. The highest BCUT2D eigenvalue weighted by Crippen LogP contribution is 2.71. The van der Waals surface area contributed by atoms with Crippen molar-refractivity contribution in [3.8, 4) is 33.6 Å². The van der Waals surface area contributed by atoms with Gasteiger partial charge in [0.15, 0.2) is 0 Å². The second-order valence-electron chi connectivity index (χ2n) is 30.8. The van der Waals surface area contributed by atoms with Gasteiger partial charge in [0.25, 0.3) is 6.71 Å². The first-order valence-corrected chi connectivity index (χ1v) is 32.2. The van der Waals surface area contributed by atoms with Gasteiger partial charge in [0.2, 0.25) is 0 Å². The van der Waals surface area contributed by atoms with E-state index in [1.165, 1.54) is 173 Å². The van der Waals surface area contributed by atoms with E-state index in [4.69, 9.17) is 0 Å². The minimum atomic E-state index is -0.693. The molecule has 8 aliphatic rings. The van der Waals surface area contributed by atoms with Gasteiger partial charge >= 0.3 is 0 Å². The quantitative estimate of drug-likeness (QED) is 0.141. The molecule has 2 spiro atoms. The summed E-state index contributed by atoms with van der Waals surface area (Å²) < 4.78 is 5.63. The molecule has 0 bridgehead atoms. The van der Waals surface area contributed by atoms with Crippen LogP contribution < -0.4 is 26.4 Å². The molecule has 424 valence electrons. The van der Waals surface area contributed by atoms with Crippen molar-refractivity contribution in [2.45, 2.75) is 116 Å². The van der Waals surface area contributed by atoms with E-state index in [9.17, 15) is 0 Å². The largest absolute Gasteiger partial charge is 0.317 e. The summed E-state index contributed by atoms with van der Waals surface area (Å²) in [6.45, 7) is 29.2. The normalized spacial score (nSPS) is 17.9. The zero-order chi connectivity index (χ0) is 59.6. The van der Waals surface area contributed by atoms with E-state index < -0.39 is 10.8 Å². The number of rotatable bonds is 0. The summed E-state index contributed by atoms with van der Waals surface area (Å²) in [5.74, 6) is 0. The second-order valence-corrected chi connectivity index (χ2v) is 30.8. The summed E-state index contributed by atoms with van der Waals surface area (Å²) in [5, 5.41) is 2.59. The van der Waals surface area contributed by atoms with Crippen LogP contribution in [-0.4, -0.2) is 15.8 Å². The first kappa shape index (κ1) is 50.0. The number of nitrogens with zero attached hydrogens (tertiary/aromatic N) is 4. The zero-order valence-corrected chi connectivity index (χ0v) is 52.4. The van der Waals surface area contributed by atoms with E-state index in [1.807, 2.05) is 0 Å². The molecule has 0 N–H and O–H groups in total. The van der Waals surface area contributed by atoms with Crippen molar-refractivity contribution in [3.63, 3.8) is 0 Å². The van der Waals surface area contributed by atoms with E-state index in [0.717, 1.165) is 0 Å². The Hall–Kier alpha value is -9.06. The van der Waals surface area contributed by atoms with Gasteiger partial charge < -0.3 is 18.9 Å². The predicted octanol–water partition coefficient (Wildman–Crippen LogP) is 18.5. The Bertz CT molecular complexity index is 4900. The van der Waals surface area contributed by atoms with E-state index in [0.29, 0.717) is 0 Å². The number of fused-ring (bicyclic) bond motifs is 30. The number of benzene rings is 10. The lowest BCUT2D eigenvalue weighted by molar-refractivity contribution is 0.125. The molecule has 4 nitrogen and oxygen atoms in total. The maximum Gasteiger partial charge on any atom is 0.294 e. The molecule has 0 atom stereocenters. The molecule has 2 aromatic heterocycles. The van der Waals surface area contributed by atoms with E-state index >= 15 is 0 Å². The predicted molar refractivity (Wildman–Crippen MR) is 367 cm³/mol. The van der Waals surface area contributed by atoms with E-state index in [2.05, 4.69) is 302 Å². The maximum atomic E-state index is 2.83. The summed E-state index contributed by atoms with van der Waals surface area (Å²) in [6, 6.07) is 80.2. The summed E-state index contributed by atoms with van der Waals surface area (Å²) in [5.41, 5.74) is 36.4. The number of hydrogen-bond acceptors (Lipinski definition) is 2. The number of hydrogen-bond donors (Lipinski definition) is 0. The van der Waals surface area contributed by atoms with Crippen LogP contribution in [-0.2, 0) is 32.5 Å². The number of aromatic nitrogens is 2. The monoisotopic (exact) mass is 1130 g/mol. The summed E-state index contributed by atoms with van der Waals surface area (Å²) in [4.78, 5) is 5.66. The molecule has 12 aromatic rings. The fourth-order valence-electron chi connectivity index (χ4n) is 19.5. The fourth-order valence-corrected chi connectivity index (χ4v) is 19.5. The summed E-state index contributed by atoms with van der Waals surface area (Å²) in [6.07, 6.45) is 0. The Morgan fingerprint density at radius 3 is 1.02 bits per heavy atom. The van der Waals surface area contributed by atoms with Crippen LogP contribution in [0.2, 0.25) is 0 Å². The van der Waals surface area contributed by atoms with E-state index in [1.54, 1.807) is 0 Å². The van der Waals surface area contributed by atoms with Crippen LogP contribution in [0.25, 0.3) is 55.4 Å². The Morgan fingerprint density at radius 1 is 0.318 bits per heavy atom. The van der Waals surface area contributed by atoms with Gasteiger partial charge in [0.1, 0.15) is 0 Å². The van der Waals surface area contributed by atoms with Crippen LogP contribution in [0.5, 0.6) is 0 Å². The molecular weight excluding hydrogens is 1060 g/mol. The second kappa shape index (κ2) is 15.3. The van der Waals surface area contributed by atoms with Gasteiger partial charge in [0, 0.05) is 33.3 Å². The van der Waals surface area contributed by atoms with Gasteiger partial charge in [-0.05, 0) is 176 Å². The smallest absolute Gasteiger partial charge is 0.294 e. The molecule has 0 fully saturated rings. The van der Waals surface area contributed by atoms with Crippen molar-refractivity contribution < 1.29 is 0 Å². The van der Waals surface area contributed by atoms with Crippen LogP contribution in [0.15, 0.2) is 200 Å². The van der Waals surface area contributed by atoms with Crippen LogP contribution in [0, 0.1) is 5.41 Å². The first-order chi connectivity index (χ1) is 42.2. The molecule has 0 saturated heterocycles. The molecule has 0 radical (unpaired) electrons. The summed E-state index contributed by atoms with van der Waals surface area (Å²) >= 11 is 0. The molecule has 10 aromatic carbocycles. The highest BCUT2D eigenvalue weighted by molar-refractivity contribution is 7.00. The van der Waals surface area contributed by atoms with Crippen molar-refractivity contribution in [2.24, 2.45) is 5.41 Å². The standard InChI is InChI=1S/C83H69BN4/c1-77(2,3)46-37-39-64-52(41-46)71-75-84-70-73-62(82(58-33-21-23-35-66(58)87(71)73)54-29-17-13-25-48(54)49-26-14-18-30-55(49)82)43-63-74(70)88(67-36-24-22-34-59(67)83(63)56-31-19-15-27-50(56)51-28-16-20-32-57(51)83)72-53-42-47(78(4,5)6)38-40-65(53)86(76(72)84)69-45-61-60(44-68(69)85(64)75)79(7,8)81(11,12)80(61,9)10/h13-45H,1-12H3. The molecule has 7 heterocycles. The lowest BCUT2D eigenvalue weighted by atomic mass is 9.35. The van der Waals surface area contributed by atoms with Gasteiger partial charge in [-0.1, -0.05) is 229 Å². The van der Waals surface area contributed by atoms with Gasteiger partial charge in [-0.15, -0.1) is 0 Å². The third-order valence-corrected chi connectivity index (χ3v) is 24.6. The molecule has 0 unspecified atom stereocenters. The van der Waals surface area contributed by atoms with Crippen molar-refractivity contribution in [1.82, 2.24) is 9.13 Å². The molecule has 20 rings (SSSR count). The molecule has 5 heteroatoms. The van der Waals surface area contributed by atoms with Crippen molar-refractivity contribution in [3.05, 3.63) is 267 Å². The number of anilines is 6. The molecular formula is C83H69BN4. The third kappa shape index (κ3) is 5.17. The molecule has 0 amide bonds. The van der Waals surface area contributed by atoms with Gasteiger partial charge in [0.05, 0.1) is 56.0 Å². The maximum absolute atomic E-state index is 2.83. The Morgan fingerprint density at radius 2 is 0.659 bits per heavy atom. The van der Waals surface area contributed by atoms with Crippen LogP contribution in [0.3, 0.4) is 0 Å². The molecule has 5 aliphatic heterocycles. The molecule has 3 aliphatic carbocycles. The van der Waals surface area contributed by atoms with Crippen LogP contribution in [0.1, 0.15) is 150 Å². The first-order valence-electron chi connectivity index (χ1n) is 32.2. The average molecular weight is 1130 g/mol. The van der Waals surface area contributed by atoms with Crippen molar-refractivity contribution >= 4 is 79.3 Å². The summed E-state index contributed by atoms with van der Waals surface area (Å²) in [7, 11) is 0. The SMILES string of the molecule is CC(C)(C)c1ccc2c(c1)c1c3n2-c2cc4c(cc2-n2c5c(c6cc(C(C)(C)C)ccc62)N2c6ccccc6C6(c7ccccc7-c7ccccc76)c6cc7c(c(c62)B35)N1c1ccccc1C71c2ccccc2-c2ccccc21)C(C)(C)C(C)(C)C4(C)C. The Kier molecular flexibility index (Phi) is 8.67. The zero-order valence-electron chi connectivity index (χ0n) is 52.4. The lowest BCUT2D eigenvalue weighted by Crippen LogP contribution is -2.65. The van der Waals surface area contributed by atoms with Crippen LogP contribution >= 0.6 is 0 Å². The minimum Gasteiger partial charge on any atom is -0.317 e. The van der Waals surface area contributed by atoms with Gasteiger partial charge in [-0.3, -0.25) is 0 Å². The number of para-hydroxylation sites is 2. The van der Waals surface area contributed by atoms with E-state index in [-0.39, 0.29) is 33.8 Å². The average Bonchev–Trinajstić information content (AvgIpc) is 1.24. The molecule has 88 heavy (non-hydrogen) atoms. The van der Waals surface area contributed by atoms with Gasteiger partial charge in [-0.2, -0.15) is 0 Å². The minimum absolute atomic E-state index is 0.0546. The highest BCUT2D eigenvalue weighted by Gasteiger charge is 2.64. The van der Waals surface area contributed by atoms with Crippen molar-refractivity contribution in [1.29, 1.82) is 0 Å². The topological polar surface area (TPSA) is 16.3 Å². The van der Waals surface area contributed by atoms with Crippen LogP contribution in [0.4, 0.5) is 34.1 Å². The van der Waals surface area contributed by atoms with Crippen molar-refractivity contribution in [2.75, 3.05) is 9.80 Å².